The van der Waals surface area contributed by atoms with Crippen LogP contribution in [0.5, 0.6) is 0 Å². The summed E-state index contributed by atoms with van der Waals surface area (Å²) in [7, 11) is 0. The lowest BCUT2D eigenvalue weighted by Gasteiger charge is -2.20. The lowest BCUT2D eigenvalue weighted by atomic mass is 9.94. The van der Waals surface area contributed by atoms with Crippen molar-refractivity contribution in [2.45, 2.75) is 0 Å². The molecule has 44 heavy (non-hydrogen) atoms. The Bertz CT molecular complexity index is 2660. The highest BCUT2D eigenvalue weighted by Gasteiger charge is 2.22. The molecule has 0 saturated heterocycles. The molecular formula is C42H26N2. The highest BCUT2D eigenvalue weighted by atomic mass is 15.0. The number of nitrogens with zero attached hydrogens (tertiary/aromatic N) is 2. The van der Waals surface area contributed by atoms with E-state index in [9.17, 15) is 0 Å². The first-order chi connectivity index (χ1) is 21.9. The average Bonchev–Trinajstić information content (AvgIpc) is 3.60. The highest BCUT2D eigenvalue weighted by Crippen LogP contribution is 2.44. The Kier molecular flexibility index (Phi) is 4.75. The van der Waals surface area contributed by atoms with Gasteiger partial charge in [0.15, 0.2) is 0 Å². The zero-order chi connectivity index (χ0) is 28.8. The molecule has 0 unspecified atom stereocenters. The van der Waals surface area contributed by atoms with Gasteiger partial charge < -0.3 is 9.13 Å². The van der Waals surface area contributed by atoms with Gasteiger partial charge >= 0.3 is 0 Å². The Morgan fingerprint density at radius 2 is 0.682 bits per heavy atom. The standard InChI is InChI=1S/C42H26N2/c1-3-15-29-28(14-1)26-40(43-36-21-9-5-17-31(36)32-18-6-10-22-37(32)43)35-25-27-13-2-4-16-30(27)42(41(29)35)44-38-23-11-7-19-33(38)34-20-8-12-24-39(34)44/h1-26H. The number of hydrogen-bond donors (Lipinski definition) is 0. The van der Waals surface area contributed by atoms with Crippen LogP contribution in [0.2, 0.25) is 0 Å². The molecule has 0 amide bonds. The topological polar surface area (TPSA) is 9.86 Å². The van der Waals surface area contributed by atoms with Gasteiger partial charge in [-0.15, -0.1) is 0 Å². The van der Waals surface area contributed by atoms with E-state index in [2.05, 4.69) is 167 Å². The molecule has 204 valence electrons. The number of aromatic nitrogens is 2. The van der Waals surface area contributed by atoms with E-state index >= 15 is 0 Å². The molecule has 0 aliphatic carbocycles. The fourth-order valence-electron chi connectivity index (χ4n) is 7.64. The summed E-state index contributed by atoms with van der Waals surface area (Å²) in [4.78, 5) is 0. The minimum Gasteiger partial charge on any atom is -0.309 e. The second kappa shape index (κ2) is 8.82. The van der Waals surface area contributed by atoms with Crippen LogP contribution in [0.3, 0.4) is 0 Å². The predicted octanol–water partition coefficient (Wildman–Crippen LogP) is 11.3. The minimum absolute atomic E-state index is 1.20. The number of benzene rings is 8. The van der Waals surface area contributed by atoms with Gasteiger partial charge in [-0.3, -0.25) is 0 Å². The van der Waals surface area contributed by atoms with E-state index in [0.717, 1.165) is 0 Å². The zero-order valence-corrected chi connectivity index (χ0v) is 23.9. The van der Waals surface area contributed by atoms with Crippen molar-refractivity contribution < 1.29 is 0 Å². The summed E-state index contributed by atoms with van der Waals surface area (Å²) in [5.74, 6) is 0. The molecule has 0 radical (unpaired) electrons. The van der Waals surface area contributed by atoms with Gasteiger partial charge in [0.2, 0.25) is 0 Å². The largest absolute Gasteiger partial charge is 0.309 e. The number of para-hydroxylation sites is 4. The molecule has 0 spiro atoms. The second-order valence-electron chi connectivity index (χ2n) is 11.7. The normalized spacial score (nSPS) is 12.1. The van der Waals surface area contributed by atoms with Crippen molar-refractivity contribution in [1.29, 1.82) is 0 Å². The summed E-state index contributed by atoms with van der Waals surface area (Å²) in [5.41, 5.74) is 7.31. The van der Waals surface area contributed by atoms with Crippen molar-refractivity contribution >= 4 is 75.9 Å². The zero-order valence-electron chi connectivity index (χ0n) is 23.9. The third-order valence-electron chi connectivity index (χ3n) is 9.44. The molecule has 2 heteroatoms. The van der Waals surface area contributed by atoms with Crippen molar-refractivity contribution in [1.82, 2.24) is 9.13 Å². The van der Waals surface area contributed by atoms with Crippen molar-refractivity contribution in [2.24, 2.45) is 0 Å². The van der Waals surface area contributed by atoms with Crippen molar-refractivity contribution in [2.75, 3.05) is 0 Å². The van der Waals surface area contributed by atoms with E-state index < -0.39 is 0 Å². The molecule has 2 nitrogen and oxygen atoms in total. The summed E-state index contributed by atoms with van der Waals surface area (Å²) >= 11 is 0. The van der Waals surface area contributed by atoms with Crippen molar-refractivity contribution in [3.8, 4) is 11.4 Å². The van der Waals surface area contributed by atoms with Crippen LogP contribution in [0.4, 0.5) is 0 Å². The molecule has 0 bridgehead atoms. The highest BCUT2D eigenvalue weighted by molar-refractivity contribution is 6.24. The predicted molar refractivity (Wildman–Crippen MR) is 188 cm³/mol. The van der Waals surface area contributed by atoms with Gasteiger partial charge in [-0.2, -0.15) is 0 Å². The SMILES string of the molecule is c1ccc2c(-n3c4ccccc4c4ccccc43)c3c(cc2c1)c(-n1c2ccccc2c2ccccc21)cc1ccccc13. The number of fused-ring (bicyclic) bond motifs is 10. The van der Waals surface area contributed by atoms with Crippen LogP contribution in [0, 0.1) is 0 Å². The third-order valence-corrected chi connectivity index (χ3v) is 9.44. The molecule has 2 heterocycles. The smallest absolute Gasteiger partial charge is 0.0625 e. The van der Waals surface area contributed by atoms with Crippen LogP contribution < -0.4 is 0 Å². The quantitative estimate of drug-likeness (QED) is 0.147. The Labute approximate surface area is 253 Å². The summed E-state index contributed by atoms with van der Waals surface area (Å²) < 4.78 is 4.99. The second-order valence-corrected chi connectivity index (χ2v) is 11.7. The van der Waals surface area contributed by atoms with Crippen LogP contribution >= 0.6 is 0 Å². The van der Waals surface area contributed by atoms with Crippen molar-refractivity contribution in [3.63, 3.8) is 0 Å². The van der Waals surface area contributed by atoms with Crippen LogP contribution in [0.1, 0.15) is 0 Å². The van der Waals surface area contributed by atoms with Crippen molar-refractivity contribution in [3.05, 3.63) is 158 Å². The number of hydrogen-bond acceptors (Lipinski definition) is 0. The Hall–Kier alpha value is -5.86. The maximum absolute atomic E-state index is 2.51. The van der Waals surface area contributed by atoms with Gasteiger partial charge in [0.05, 0.1) is 33.4 Å². The molecule has 0 aliphatic heterocycles. The maximum atomic E-state index is 2.51. The molecule has 8 aromatic carbocycles. The third kappa shape index (κ3) is 3.09. The lowest BCUT2D eigenvalue weighted by molar-refractivity contribution is 1.19. The summed E-state index contributed by atoms with van der Waals surface area (Å²) in [6.07, 6.45) is 0. The fourth-order valence-corrected chi connectivity index (χ4v) is 7.64. The molecule has 2 aromatic heterocycles. The average molecular weight is 559 g/mol. The molecule has 0 aliphatic rings. The van der Waals surface area contributed by atoms with E-state index in [1.54, 1.807) is 0 Å². The summed E-state index contributed by atoms with van der Waals surface area (Å²) in [6, 6.07) is 57.8. The molecule has 0 atom stereocenters. The van der Waals surface area contributed by atoms with E-state index in [0.29, 0.717) is 0 Å². The summed E-state index contributed by atoms with van der Waals surface area (Å²) in [5, 5.41) is 12.6. The van der Waals surface area contributed by atoms with Gasteiger partial charge in [-0.25, -0.2) is 0 Å². The Balaban J connectivity index is 1.50. The van der Waals surface area contributed by atoms with E-state index in [-0.39, 0.29) is 0 Å². The molecule has 10 aromatic rings. The van der Waals surface area contributed by atoms with Gasteiger partial charge in [0.1, 0.15) is 0 Å². The number of rotatable bonds is 2. The van der Waals surface area contributed by atoms with E-state index in [1.165, 1.54) is 87.3 Å². The van der Waals surface area contributed by atoms with Gasteiger partial charge in [-0.05, 0) is 52.6 Å². The monoisotopic (exact) mass is 558 g/mol. The Morgan fingerprint density at radius 3 is 1.20 bits per heavy atom. The lowest BCUT2D eigenvalue weighted by Crippen LogP contribution is -2.01. The summed E-state index contributed by atoms with van der Waals surface area (Å²) in [6.45, 7) is 0. The first-order valence-electron chi connectivity index (χ1n) is 15.2. The van der Waals surface area contributed by atoms with Crippen LogP contribution in [-0.2, 0) is 0 Å². The maximum Gasteiger partial charge on any atom is 0.0625 e. The van der Waals surface area contributed by atoms with Crippen LogP contribution in [0.15, 0.2) is 158 Å². The molecule has 0 saturated carbocycles. The molecule has 0 fully saturated rings. The molecular weight excluding hydrogens is 532 g/mol. The Morgan fingerprint density at radius 1 is 0.295 bits per heavy atom. The fraction of sp³-hybridized carbons (Fsp3) is 0. The van der Waals surface area contributed by atoms with E-state index in [4.69, 9.17) is 0 Å². The minimum atomic E-state index is 1.20. The molecule has 10 rings (SSSR count). The first kappa shape index (κ1) is 23.7. The van der Waals surface area contributed by atoms with E-state index in [1.807, 2.05) is 0 Å². The molecule has 0 N–H and O–H groups in total. The van der Waals surface area contributed by atoms with Crippen LogP contribution in [-0.4, -0.2) is 9.13 Å². The first-order valence-corrected chi connectivity index (χ1v) is 15.2. The van der Waals surface area contributed by atoms with Gasteiger partial charge in [0, 0.05) is 37.7 Å². The van der Waals surface area contributed by atoms with Crippen LogP contribution in [0.25, 0.3) is 87.3 Å². The van der Waals surface area contributed by atoms with Gasteiger partial charge in [0.25, 0.3) is 0 Å². The van der Waals surface area contributed by atoms with Gasteiger partial charge in [-0.1, -0.05) is 121 Å².